The second kappa shape index (κ2) is 6.97. The van der Waals surface area contributed by atoms with Crippen molar-refractivity contribution in [2.45, 2.75) is 5.54 Å². The van der Waals surface area contributed by atoms with E-state index in [0.29, 0.717) is 0 Å². The average Bonchev–Trinajstić information content (AvgIpc) is 3.33. The number of nitrogens with zero attached hydrogens (tertiary/aromatic N) is 4. The Morgan fingerprint density at radius 1 is 0.880 bits per heavy atom. The second-order valence-corrected chi connectivity index (χ2v) is 8.30. The van der Waals surface area contributed by atoms with Gasteiger partial charge in [-0.25, -0.2) is 0 Å². The van der Waals surface area contributed by atoms with E-state index in [2.05, 4.69) is 91.2 Å². The normalized spacial score (nSPS) is 13.5. The number of rotatable bonds is 4. The molecule has 0 saturated heterocycles. The Balaban J connectivity index is 2.08. The van der Waals surface area contributed by atoms with Crippen LogP contribution in [-0.4, -0.2) is 19.1 Å². The molecule has 4 rings (SSSR count). The molecule has 2 aromatic carbocycles. The van der Waals surface area contributed by atoms with Crippen LogP contribution in [0.1, 0.15) is 16.8 Å². The molecule has 4 nitrogen and oxygen atoms in total. The lowest BCUT2D eigenvalue weighted by atomic mass is 9.80. The Kier molecular flexibility index (Phi) is 4.70. The SMILES string of the molecule is Brc1ccc(C(c2ccc(I)cc2)(c2ccsn2)n2cnnc2)cc1. The number of halogens is 2. The van der Waals surface area contributed by atoms with E-state index in [9.17, 15) is 0 Å². The van der Waals surface area contributed by atoms with Gasteiger partial charge in [-0.1, -0.05) is 40.2 Å². The molecule has 0 amide bonds. The van der Waals surface area contributed by atoms with Crippen LogP contribution in [0.4, 0.5) is 0 Å². The van der Waals surface area contributed by atoms with E-state index < -0.39 is 5.54 Å². The summed E-state index contributed by atoms with van der Waals surface area (Å²) in [5.41, 5.74) is 2.54. The first kappa shape index (κ1) is 16.9. The van der Waals surface area contributed by atoms with E-state index in [0.717, 1.165) is 21.3 Å². The fraction of sp³-hybridized carbons (Fsp3) is 0.0556. The average molecular weight is 523 g/mol. The van der Waals surface area contributed by atoms with Crippen molar-refractivity contribution in [3.05, 3.63) is 97.5 Å². The molecule has 25 heavy (non-hydrogen) atoms. The summed E-state index contributed by atoms with van der Waals surface area (Å²) in [7, 11) is 0. The maximum atomic E-state index is 4.69. The molecule has 4 aromatic rings. The maximum Gasteiger partial charge on any atom is 0.141 e. The molecule has 124 valence electrons. The monoisotopic (exact) mass is 522 g/mol. The minimum absolute atomic E-state index is 0.617. The van der Waals surface area contributed by atoms with E-state index in [1.807, 2.05) is 22.1 Å². The first-order chi connectivity index (χ1) is 12.2. The molecule has 0 aliphatic heterocycles. The maximum absolute atomic E-state index is 4.69. The van der Waals surface area contributed by atoms with Crippen molar-refractivity contribution < 1.29 is 0 Å². The third kappa shape index (κ3) is 2.94. The van der Waals surface area contributed by atoms with Crippen LogP contribution in [0.2, 0.25) is 0 Å². The number of aromatic nitrogens is 4. The number of hydrogen-bond donors (Lipinski definition) is 0. The molecule has 0 aliphatic carbocycles. The van der Waals surface area contributed by atoms with Crippen molar-refractivity contribution >= 4 is 50.1 Å². The molecular weight excluding hydrogens is 511 g/mol. The van der Waals surface area contributed by atoms with Gasteiger partial charge in [-0.3, -0.25) is 4.57 Å². The summed E-state index contributed by atoms with van der Waals surface area (Å²) in [4.78, 5) is 0. The summed E-state index contributed by atoms with van der Waals surface area (Å²) in [6.45, 7) is 0. The molecule has 7 heteroatoms. The van der Waals surface area contributed by atoms with Crippen molar-refractivity contribution in [1.29, 1.82) is 0 Å². The molecule has 2 heterocycles. The fourth-order valence-electron chi connectivity index (χ4n) is 3.05. The largest absolute Gasteiger partial charge is 0.300 e. The Bertz CT molecular complexity index is 870. The third-order valence-corrected chi connectivity index (χ3v) is 5.95. The highest BCUT2D eigenvalue weighted by Crippen LogP contribution is 2.40. The van der Waals surface area contributed by atoms with Crippen molar-refractivity contribution in [1.82, 2.24) is 19.1 Å². The predicted octanol–water partition coefficient (Wildman–Crippen LogP) is 4.94. The molecule has 0 N–H and O–H groups in total. The third-order valence-electron chi connectivity index (χ3n) is 4.14. The zero-order valence-corrected chi connectivity index (χ0v) is 17.4. The van der Waals surface area contributed by atoms with Crippen LogP contribution in [0.15, 0.2) is 77.1 Å². The highest BCUT2D eigenvalue weighted by molar-refractivity contribution is 14.1. The van der Waals surface area contributed by atoms with Crippen LogP contribution >= 0.6 is 50.1 Å². The zero-order valence-electron chi connectivity index (χ0n) is 12.9. The van der Waals surface area contributed by atoms with Crippen molar-refractivity contribution in [3.8, 4) is 0 Å². The van der Waals surface area contributed by atoms with Gasteiger partial charge in [-0.2, -0.15) is 4.37 Å². The topological polar surface area (TPSA) is 43.6 Å². The van der Waals surface area contributed by atoms with Crippen LogP contribution < -0.4 is 0 Å². The standard InChI is InChI=1S/C18H12BrIN4S/c19-15-5-1-13(2-6-15)18(17-9-10-25-23-17,24-11-21-22-12-24)14-3-7-16(20)8-4-14/h1-12H. The summed E-state index contributed by atoms with van der Waals surface area (Å²) >= 11 is 7.29. The summed E-state index contributed by atoms with van der Waals surface area (Å²) in [5, 5.41) is 10.1. The van der Waals surface area contributed by atoms with Gasteiger partial charge in [0, 0.05) is 13.4 Å². The van der Waals surface area contributed by atoms with Gasteiger partial charge >= 0.3 is 0 Å². The van der Waals surface area contributed by atoms with Crippen LogP contribution in [0.5, 0.6) is 0 Å². The van der Waals surface area contributed by atoms with Gasteiger partial charge in [0.1, 0.15) is 18.2 Å². The van der Waals surface area contributed by atoms with Crippen LogP contribution in [0.25, 0.3) is 0 Å². The number of benzene rings is 2. The van der Waals surface area contributed by atoms with E-state index in [4.69, 9.17) is 4.37 Å². The highest BCUT2D eigenvalue weighted by Gasteiger charge is 2.40. The lowest BCUT2D eigenvalue weighted by Crippen LogP contribution is -2.37. The molecular formula is C18H12BrIN4S. The quantitative estimate of drug-likeness (QED) is 0.356. The minimum atomic E-state index is -0.617. The van der Waals surface area contributed by atoms with E-state index in [1.165, 1.54) is 15.1 Å². The summed E-state index contributed by atoms with van der Waals surface area (Å²) < 4.78 is 8.94. The molecule has 0 radical (unpaired) electrons. The molecule has 0 aliphatic rings. The smallest absolute Gasteiger partial charge is 0.141 e. The van der Waals surface area contributed by atoms with E-state index in [1.54, 1.807) is 12.7 Å². The zero-order chi connectivity index (χ0) is 17.3. The predicted molar refractivity (Wildman–Crippen MR) is 111 cm³/mol. The molecule has 1 unspecified atom stereocenters. The van der Waals surface area contributed by atoms with Gasteiger partial charge in [0.2, 0.25) is 0 Å². The Morgan fingerprint density at radius 2 is 1.48 bits per heavy atom. The van der Waals surface area contributed by atoms with Crippen LogP contribution in [0.3, 0.4) is 0 Å². The van der Waals surface area contributed by atoms with Crippen LogP contribution in [-0.2, 0) is 5.54 Å². The fourth-order valence-corrected chi connectivity index (χ4v) is 4.23. The summed E-state index contributed by atoms with van der Waals surface area (Å²) in [6, 6.07) is 18.9. The van der Waals surface area contributed by atoms with E-state index >= 15 is 0 Å². The molecule has 0 spiro atoms. The highest BCUT2D eigenvalue weighted by atomic mass is 127. The first-order valence-electron chi connectivity index (χ1n) is 7.49. The van der Waals surface area contributed by atoms with Crippen molar-refractivity contribution in [2.75, 3.05) is 0 Å². The summed E-state index contributed by atoms with van der Waals surface area (Å²) in [5.74, 6) is 0. The Morgan fingerprint density at radius 3 is 2.04 bits per heavy atom. The van der Waals surface area contributed by atoms with Gasteiger partial charge in [0.05, 0.1) is 5.69 Å². The van der Waals surface area contributed by atoms with Crippen molar-refractivity contribution in [3.63, 3.8) is 0 Å². The summed E-state index contributed by atoms with van der Waals surface area (Å²) in [6.07, 6.45) is 3.50. The van der Waals surface area contributed by atoms with Gasteiger partial charge in [-0.05, 0) is 75.6 Å². The Hall–Kier alpha value is -1.58. The van der Waals surface area contributed by atoms with Crippen molar-refractivity contribution in [2.24, 2.45) is 0 Å². The van der Waals surface area contributed by atoms with Gasteiger partial charge in [0.25, 0.3) is 0 Å². The lowest BCUT2D eigenvalue weighted by molar-refractivity contribution is 0.502. The minimum Gasteiger partial charge on any atom is -0.300 e. The number of hydrogen-bond acceptors (Lipinski definition) is 4. The molecule has 0 bridgehead atoms. The van der Waals surface area contributed by atoms with E-state index in [-0.39, 0.29) is 0 Å². The lowest BCUT2D eigenvalue weighted by Gasteiger charge is -2.34. The second-order valence-electron chi connectivity index (χ2n) is 5.48. The molecule has 0 saturated carbocycles. The first-order valence-corrected chi connectivity index (χ1v) is 10.2. The van der Waals surface area contributed by atoms with Crippen LogP contribution in [0, 0.1) is 3.57 Å². The van der Waals surface area contributed by atoms with Gasteiger partial charge in [-0.15, -0.1) is 10.2 Å². The Labute approximate surface area is 171 Å². The molecule has 1 atom stereocenters. The molecule has 2 aromatic heterocycles. The molecule has 0 fully saturated rings. The van der Waals surface area contributed by atoms with Gasteiger partial charge in [0.15, 0.2) is 0 Å². The van der Waals surface area contributed by atoms with Gasteiger partial charge < -0.3 is 0 Å².